The molecule has 156 valence electrons. The second-order valence-electron chi connectivity index (χ2n) is 9.97. The molecule has 3 aliphatic rings. The van der Waals surface area contributed by atoms with Gasteiger partial charge >= 0.3 is 0 Å². The number of nitrogens with zero attached hydrogens (tertiary/aromatic N) is 1. The molecular formula is C22H28ClN3O3. The highest BCUT2D eigenvalue weighted by molar-refractivity contribution is 6.31. The maximum Gasteiger partial charge on any atom is 0.250 e. The Kier molecular flexibility index (Phi) is 4.41. The number of carbonyl (C=O) groups is 3. The third-order valence-corrected chi connectivity index (χ3v) is 6.60. The van der Waals surface area contributed by atoms with Crippen LogP contribution in [0.4, 0.5) is 5.69 Å². The summed E-state index contributed by atoms with van der Waals surface area (Å²) < 4.78 is 0. The standard InChI is InChI=1S/C22H28ClN3O3/c1-10(2)7-14-15-16(19(28)26(18(15)27)21(4,5)6)22(25-14)13-9-12(23)8-11(3)17(13)24-20(22)29/h8-10,14-16,25H,7H2,1-6H3,(H,24,29). The second kappa shape index (κ2) is 6.29. The first-order chi connectivity index (χ1) is 13.4. The number of fused-ring (bicyclic) bond motifs is 4. The summed E-state index contributed by atoms with van der Waals surface area (Å²) in [5.41, 5.74) is 0.274. The van der Waals surface area contributed by atoms with Gasteiger partial charge in [0.2, 0.25) is 17.7 Å². The third-order valence-electron chi connectivity index (χ3n) is 6.38. The lowest BCUT2D eigenvalue weighted by Crippen LogP contribution is -2.55. The molecule has 1 aromatic carbocycles. The van der Waals surface area contributed by atoms with Crippen LogP contribution in [0.3, 0.4) is 0 Å². The summed E-state index contributed by atoms with van der Waals surface area (Å²) in [7, 11) is 0. The maximum atomic E-state index is 13.6. The van der Waals surface area contributed by atoms with Crippen molar-refractivity contribution in [3.05, 3.63) is 28.3 Å². The topological polar surface area (TPSA) is 78.5 Å². The van der Waals surface area contributed by atoms with Crippen LogP contribution in [0.2, 0.25) is 5.02 Å². The van der Waals surface area contributed by atoms with Gasteiger partial charge in [0, 0.05) is 27.9 Å². The first-order valence-electron chi connectivity index (χ1n) is 10.2. The lowest BCUT2D eigenvalue weighted by Gasteiger charge is -2.35. The van der Waals surface area contributed by atoms with E-state index in [1.54, 1.807) is 12.1 Å². The van der Waals surface area contributed by atoms with Crippen LogP contribution in [-0.4, -0.2) is 34.2 Å². The smallest absolute Gasteiger partial charge is 0.250 e. The number of benzene rings is 1. The summed E-state index contributed by atoms with van der Waals surface area (Å²) >= 11 is 6.34. The second-order valence-corrected chi connectivity index (χ2v) is 10.4. The molecule has 2 N–H and O–H groups in total. The summed E-state index contributed by atoms with van der Waals surface area (Å²) in [6, 6.07) is 3.28. The number of amides is 3. The number of carbonyl (C=O) groups excluding carboxylic acids is 3. The van der Waals surface area contributed by atoms with Crippen molar-refractivity contribution in [1.29, 1.82) is 0 Å². The molecule has 7 heteroatoms. The van der Waals surface area contributed by atoms with Crippen molar-refractivity contribution in [1.82, 2.24) is 10.2 Å². The molecule has 29 heavy (non-hydrogen) atoms. The summed E-state index contributed by atoms with van der Waals surface area (Å²) in [6.07, 6.45) is 0.697. The van der Waals surface area contributed by atoms with Gasteiger partial charge in [0.05, 0.1) is 11.8 Å². The molecular weight excluding hydrogens is 390 g/mol. The molecule has 4 atom stereocenters. The van der Waals surface area contributed by atoms with Gasteiger partial charge in [-0.05, 0) is 57.7 Å². The maximum absolute atomic E-state index is 13.6. The normalized spacial score (nSPS) is 31.1. The van der Waals surface area contributed by atoms with Crippen molar-refractivity contribution in [3.63, 3.8) is 0 Å². The molecule has 2 saturated heterocycles. The minimum Gasteiger partial charge on any atom is -0.324 e. The van der Waals surface area contributed by atoms with Crippen LogP contribution in [0.25, 0.3) is 0 Å². The van der Waals surface area contributed by atoms with Gasteiger partial charge in [0.25, 0.3) is 0 Å². The Balaban J connectivity index is 1.94. The number of halogens is 1. The van der Waals surface area contributed by atoms with Crippen LogP contribution in [0.5, 0.6) is 0 Å². The summed E-state index contributed by atoms with van der Waals surface area (Å²) in [6.45, 7) is 11.6. The van der Waals surface area contributed by atoms with Crippen LogP contribution < -0.4 is 10.6 Å². The molecule has 3 aliphatic heterocycles. The van der Waals surface area contributed by atoms with Crippen LogP contribution in [0, 0.1) is 24.7 Å². The summed E-state index contributed by atoms with van der Waals surface area (Å²) in [5.74, 6) is -1.80. The van der Waals surface area contributed by atoms with E-state index >= 15 is 0 Å². The Morgan fingerprint density at radius 2 is 1.83 bits per heavy atom. The van der Waals surface area contributed by atoms with Gasteiger partial charge in [0.15, 0.2) is 0 Å². The van der Waals surface area contributed by atoms with E-state index < -0.39 is 22.9 Å². The number of nitrogens with one attached hydrogen (secondary N) is 2. The van der Waals surface area contributed by atoms with E-state index in [1.165, 1.54) is 4.90 Å². The van der Waals surface area contributed by atoms with Crippen molar-refractivity contribution >= 4 is 35.0 Å². The number of hydrogen-bond donors (Lipinski definition) is 2. The van der Waals surface area contributed by atoms with E-state index in [1.807, 2.05) is 27.7 Å². The monoisotopic (exact) mass is 417 g/mol. The largest absolute Gasteiger partial charge is 0.324 e. The molecule has 4 unspecified atom stereocenters. The Morgan fingerprint density at radius 3 is 2.41 bits per heavy atom. The van der Waals surface area contributed by atoms with Crippen molar-refractivity contribution in [3.8, 4) is 0 Å². The lowest BCUT2D eigenvalue weighted by molar-refractivity contribution is -0.147. The molecule has 0 radical (unpaired) electrons. The highest BCUT2D eigenvalue weighted by atomic mass is 35.5. The molecule has 1 spiro atoms. The summed E-state index contributed by atoms with van der Waals surface area (Å²) in [4.78, 5) is 41.8. The number of hydrogen-bond acceptors (Lipinski definition) is 4. The van der Waals surface area contributed by atoms with E-state index in [4.69, 9.17) is 11.6 Å². The SMILES string of the molecule is Cc1cc(Cl)cc2c1NC(=O)C21NC(CC(C)C)C2C(=O)N(C(C)(C)C)C(=O)C21. The van der Waals surface area contributed by atoms with Gasteiger partial charge in [-0.3, -0.25) is 24.6 Å². The van der Waals surface area contributed by atoms with Crippen molar-refractivity contribution in [2.75, 3.05) is 5.32 Å². The van der Waals surface area contributed by atoms with Crippen molar-refractivity contribution < 1.29 is 14.4 Å². The number of anilines is 1. The minimum absolute atomic E-state index is 0.192. The number of aryl methyl sites for hydroxylation is 1. The lowest BCUT2D eigenvalue weighted by atomic mass is 9.76. The molecule has 0 bridgehead atoms. The van der Waals surface area contributed by atoms with Gasteiger partial charge in [-0.15, -0.1) is 0 Å². The van der Waals surface area contributed by atoms with Gasteiger partial charge in [0.1, 0.15) is 5.54 Å². The van der Waals surface area contributed by atoms with E-state index in [0.29, 0.717) is 28.6 Å². The van der Waals surface area contributed by atoms with Crippen LogP contribution >= 0.6 is 11.6 Å². The Morgan fingerprint density at radius 1 is 1.17 bits per heavy atom. The quantitative estimate of drug-likeness (QED) is 0.724. The molecule has 0 saturated carbocycles. The molecule has 3 amide bonds. The molecule has 3 heterocycles. The first kappa shape index (κ1) is 20.4. The number of imide groups is 1. The van der Waals surface area contributed by atoms with E-state index in [2.05, 4.69) is 24.5 Å². The Labute approximate surface area is 176 Å². The zero-order chi connectivity index (χ0) is 21.5. The summed E-state index contributed by atoms with van der Waals surface area (Å²) in [5, 5.41) is 6.92. The fourth-order valence-electron chi connectivity index (χ4n) is 5.41. The van der Waals surface area contributed by atoms with E-state index in [9.17, 15) is 14.4 Å². The predicted octanol–water partition coefficient (Wildman–Crippen LogP) is 3.21. The predicted molar refractivity (Wildman–Crippen MR) is 111 cm³/mol. The fourth-order valence-corrected chi connectivity index (χ4v) is 5.68. The van der Waals surface area contributed by atoms with Crippen molar-refractivity contribution in [2.24, 2.45) is 17.8 Å². The third kappa shape index (κ3) is 2.68. The van der Waals surface area contributed by atoms with Gasteiger partial charge in [-0.25, -0.2) is 0 Å². The van der Waals surface area contributed by atoms with E-state index in [0.717, 1.165) is 5.56 Å². The van der Waals surface area contributed by atoms with Gasteiger partial charge < -0.3 is 5.32 Å². The van der Waals surface area contributed by atoms with Crippen LogP contribution in [-0.2, 0) is 19.9 Å². The molecule has 0 aromatic heterocycles. The van der Waals surface area contributed by atoms with Crippen LogP contribution in [0.1, 0.15) is 52.2 Å². The van der Waals surface area contributed by atoms with Gasteiger partial charge in [-0.2, -0.15) is 0 Å². The molecule has 1 aromatic rings. The highest BCUT2D eigenvalue weighted by Crippen LogP contribution is 2.55. The average molecular weight is 418 g/mol. The fraction of sp³-hybridized carbons (Fsp3) is 0.591. The Hall–Kier alpha value is -1.92. The number of rotatable bonds is 2. The molecule has 2 fully saturated rings. The van der Waals surface area contributed by atoms with E-state index in [-0.39, 0.29) is 23.8 Å². The van der Waals surface area contributed by atoms with Gasteiger partial charge in [-0.1, -0.05) is 25.4 Å². The molecule has 0 aliphatic carbocycles. The number of likely N-dealkylation sites (tertiary alicyclic amines) is 1. The first-order valence-corrected chi connectivity index (χ1v) is 10.5. The Bertz CT molecular complexity index is 936. The molecule has 6 nitrogen and oxygen atoms in total. The highest BCUT2D eigenvalue weighted by Gasteiger charge is 2.71. The minimum atomic E-state index is -1.28. The zero-order valence-corrected chi connectivity index (χ0v) is 18.5. The zero-order valence-electron chi connectivity index (χ0n) is 17.7. The average Bonchev–Trinajstić information content (AvgIpc) is 3.13. The van der Waals surface area contributed by atoms with Crippen molar-refractivity contribution in [2.45, 2.75) is 65.1 Å². The van der Waals surface area contributed by atoms with Crippen LogP contribution in [0.15, 0.2) is 12.1 Å². The molecule has 4 rings (SSSR count).